The molecule has 0 fully saturated rings. The van der Waals surface area contributed by atoms with Crippen molar-refractivity contribution in [3.8, 4) is 0 Å². The van der Waals surface area contributed by atoms with E-state index in [-0.39, 0.29) is 18.7 Å². The zero-order valence-corrected chi connectivity index (χ0v) is 13.7. The summed E-state index contributed by atoms with van der Waals surface area (Å²) < 4.78 is 13.6. The third-order valence-corrected chi connectivity index (χ3v) is 4.50. The minimum atomic E-state index is -1.04. The number of carboxylic acids is 1. The molecule has 7 heteroatoms. The Morgan fingerprint density at radius 1 is 1.22 bits per heavy atom. The molecule has 23 heavy (non-hydrogen) atoms. The van der Waals surface area contributed by atoms with Crippen molar-refractivity contribution in [2.24, 2.45) is 0 Å². The van der Waals surface area contributed by atoms with Crippen LogP contribution in [0.3, 0.4) is 0 Å². The summed E-state index contributed by atoms with van der Waals surface area (Å²) in [4.78, 5) is 24.0. The summed E-state index contributed by atoms with van der Waals surface area (Å²) in [5.74, 6) is -1.71. The zero-order valence-electron chi connectivity index (χ0n) is 12.1. The van der Waals surface area contributed by atoms with Gasteiger partial charge in [-0.15, -0.1) is 11.3 Å². The first-order valence-corrected chi connectivity index (χ1v) is 8.14. The van der Waals surface area contributed by atoms with Crippen LogP contribution in [0.15, 0.2) is 36.4 Å². The van der Waals surface area contributed by atoms with Crippen molar-refractivity contribution in [3.05, 3.63) is 57.0 Å². The van der Waals surface area contributed by atoms with Gasteiger partial charge in [0, 0.05) is 11.3 Å². The Hall–Kier alpha value is -1.92. The first-order valence-electron chi connectivity index (χ1n) is 6.95. The molecule has 0 aliphatic heterocycles. The maximum Gasteiger partial charge on any atom is 0.305 e. The van der Waals surface area contributed by atoms with Gasteiger partial charge in [0.05, 0.1) is 16.8 Å². The van der Waals surface area contributed by atoms with E-state index in [2.05, 4.69) is 5.32 Å². The molecule has 0 aliphatic carbocycles. The van der Waals surface area contributed by atoms with Gasteiger partial charge >= 0.3 is 5.97 Å². The van der Waals surface area contributed by atoms with E-state index >= 15 is 0 Å². The molecule has 0 saturated heterocycles. The van der Waals surface area contributed by atoms with Crippen molar-refractivity contribution in [1.82, 2.24) is 5.32 Å². The van der Waals surface area contributed by atoms with Crippen LogP contribution in [0.25, 0.3) is 0 Å². The van der Waals surface area contributed by atoms with Gasteiger partial charge in [-0.05, 0) is 36.2 Å². The van der Waals surface area contributed by atoms with Crippen LogP contribution in [-0.4, -0.2) is 17.0 Å². The average molecular weight is 356 g/mol. The first-order chi connectivity index (χ1) is 10.9. The fraction of sp³-hybridized carbons (Fsp3) is 0.250. The number of carbonyl (C=O) groups is 2. The van der Waals surface area contributed by atoms with Crippen LogP contribution < -0.4 is 5.32 Å². The van der Waals surface area contributed by atoms with Gasteiger partial charge in [-0.3, -0.25) is 9.59 Å². The number of aryl methyl sites for hydroxylation is 1. The van der Waals surface area contributed by atoms with Gasteiger partial charge in [0.1, 0.15) is 5.82 Å². The molecule has 0 bridgehead atoms. The monoisotopic (exact) mass is 355 g/mol. The van der Waals surface area contributed by atoms with Crippen molar-refractivity contribution in [1.29, 1.82) is 0 Å². The first kappa shape index (κ1) is 17.4. The highest BCUT2D eigenvalue weighted by atomic mass is 35.5. The van der Waals surface area contributed by atoms with Gasteiger partial charge in [-0.25, -0.2) is 4.39 Å². The maximum absolute atomic E-state index is 13.0. The van der Waals surface area contributed by atoms with Crippen LogP contribution in [0.1, 0.15) is 29.3 Å². The fourth-order valence-electron chi connectivity index (χ4n) is 2.11. The van der Waals surface area contributed by atoms with E-state index in [1.165, 1.54) is 35.6 Å². The molecule has 1 heterocycles. The number of benzene rings is 1. The Morgan fingerprint density at radius 2 is 1.91 bits per heavy atom. The molecule has 1 atom stereocenters. The maximum atomic E-state index is 13.0. The summed E-state index contributed by atoms with van der Waals surface area (Å²) in [5, 5.41) is 11.7. The molecule has 1 aromatic carbocycles. The molecule has 2 rings (SSSR count). The number of hydrogen-bond donors (Lipinski definition) is 2. The lowest BCUT2D eigenvalue weighted by Gasteiger charge is -2.17. The lowest BCUT2D eigenvalue weighted by atomic mass is 10.0. The minimum absolute atomic E-state index is 0.230. The van der Waals surface area contributed by atoms with E-state index < -0.39 is 17.8 Å². The molecule has 2 N–H and O–H groups in total. The highest BCUT2D eigenvalue weighted by Crippen LogP contribution is 2.23. The van der Waals surface area contributed by atoms with Gasteiger partial charge in [-0.2, -0.15) is 0 Å². The summed E-state index contributed by atoms with van der Waals surface area (Å²) >= 11 is 7.24. The largest absolute Gasteiger partial charge is 0.481 e. The highest BCUT2D eigenvalue weighted by molar-refractivity contribution is 7.16. The van der Waals surface area contributed by atoms with Gasteiger partial charge in [-0.1, -0.05) is 23.7 Å². The molecule has 4 nitrogen and oxygen atoms in total. The second-order valence-corrected chi connectivity index (χ2v) is 6.77. The van der Waals surface area contributed by atoms with Crippen LogP contribution in [0.2, 0.25) is 4.34 Å². The number of rotatable bonds is 7. The van der Waals surface area contributed by atoms with E-state index in [4.69, 9.17) is 16.7 Å². The van der Waals surface area contributed by atoms with Gasteiger partial charge in [0.25, 0.3) is 0 Å². The molecule has 1 amide bonds. The molecule has 122 valence electrons. The highest BCUT2D eigenvalue weighted by Gasteiger charge is 2.18. The Bertz CT molecular complexity index is 687. The quantitative estimate of drug-likeness (QED) is 0.793. The Labute approximate surface area is 141 Å². The molecular weight excluding hydrogens is 341 g/mol. The molecule has 0 aliphatic rings. The number of thiophene rings is 1. The third kappa shape index (κ3) is 5.65. The van der Waals surface area contributed by atoms with E-state index in [1.54, 1.807) is 6.07 Å². The number of amides is 1. The van der Waals surface area contributed by atoms with Crippen LogP contribution in [-0.2, 0) is 16.0 Å². The van der Waals surface area contributed by atoms with Gasteiger partial charge in [0.15, 0.2) is 0 Å². The van der Waals surface area contributed by atoms with Gasteiger partial charge in [0.2, 0.25) is 5.91 Å². The van der Waals surface area contributed by atoms with E-state index in [0.29, 0.717) is 16.3 Å². The predicted molar refractivity (Wildman–Crippen MR) is 87.2 cm³/mol. The topological polar surface area (TPSA) is 66.4 Å². The van der Waals surface area contributed by atoms with Crippen molar-refractivity contribution in [2.75, 3.05) is 0 Å². The Balaban J connectivity index is 1.97. The number of halogens is 2. The second-order valence-electron chi connectivity index (χ2n) is 4.98. The summed E-state index contributed by atoms with van der Waals surface area (Å²) in [5.41, 5.74) is 0.557. The lowest BCUT2D eigenvalue weighted by Crippen LogP contribution is -2.30. The SMILES string of the molecule is O=C(O)CC(NC(=O)CCc1ccc(Cl)s1)c1ccc(F)cc1. The van der Waals surface area contributed by atoms with Crippen LogP contribution in [0.5, 0.6) is 0 Å². The number of aliphatic carboxylic acids is 1. The summed E-state index contributed by atoms with van der Waals surface area (Å²) in [6, 6.07) is 8.37. The average Bonchev–Trinajstić information content (AvgIpc) is 2.90. The molecule has 0 spiro atoms. The van der Waals surface area contributed by atoms with Crippen LogP contribution >= 0.6 is 22.9 Å². The molecular formula is C16H15ClFNO3S. The van der Waals surface area contributed by atoms with Crippen LogP contribution in [0, 0.1) is 5.82 Å². The van der Waals surface area contributed by atoms with Gasteiger partial charge < -0.3 is 10.4 Å². The summed E-state index contributed by atoms with van der Waals surface area (Å²) in [7, 11) is 0. The van der Waals surface area contributed by atoms with Crippen LogP contribution in [0.4, 0.5) is 4.39 Å². The fourth-order valence-corrected chi connectivity index (χ4v) is 3.20. The summed E-state index contributed by atoms with van der Waals surface area (Å²) in [6.07, 6.45) is 0.503. The summed E-state index contributed by atoms with van der Waals surface area (Å²) in [6.45, 7) is 0. The normalized spacial score (nSPS) is 11.9. The third-order valence-electron chi connectivity index (χ3n) is 3.21. The van der Waals surface area contributed by atoms with E-state index in [1.807, 2.05) is 6.07 Å². The van der Waals surface area contributed by atoms with E-state index in [0.717, 1.165) is 4.88 Å². The molecule has 1 unspecified atom stereocenters. The lowest BCUT2D eigenvalue weighted by molar-refractivity contribution is -0.137. The minimum Gasteiger partial charge on any atom is -0.481 e. The van der Waals surface area contributed by atoms with Crippen molar-refractivity contribution in [3.63, 3.8) is 0 Å². The van der Waals surface area contributed by atoms with Crippen molar-refractivity contribution >= 4 is 34.8 Å². The number of hydrogen-bond acceptors (Lipinski definition) is 3. The smallest absolute Gasteiger partial charge is 0.305 e. The Morgan fingerprint density at radius 3 is 2.48 bits per heavy atom. The van der Waals surface area contributed by atoms with Crippen molar-refractivity contribution < 1.29 is 19.1 Å². The van der Waals surface area contributed by atoms with E-state index in [9.17, 15) is 14.0 Å². The zero-order chi connectivity index (χ0) is 16.8. The van der Waals surface area contributed by atoms with Crippen molar-refractivity contribution in [2.45, 2.75) is 25.3 Å². The molecule has 1 aromatic heterocycles. The number of nitrogens with one attached hydrogen (secondary N) is 1. The molecule has 2 aromatic rings. The standard InChI is InChI=1S/C16H15ClFNO3S/c17-14-7-5-12(23-14)6-8-15(20)19-13(9-16(21)22)10-1-3-11(18)4-2-10/h1-5,7,13H,6,8-9H2,(H,19,20)(H,21,22). The second kappa shape index (κ2) is 8.08. The predicted octanol–water partition coefficient (Wildman–Crippen LogP) is 3.81. The number of carboxylic acid groups (broad SMARTS) is 1. The Kier molecular flexibility index (Phi) is 6.12. The molecule has 0 saturated carbocycles. The number of carbonyl (C=O) groups excluding carboxylic acids is 1. The molecule has 0 radical (unpaired) electrons.